The van der Waals surface area contributed by atoms with Crippen molar-refractivity contribution in [2.75, 3.05) is 0 Å². The van der Waals surface area contributed by atoms with Crippen LogP contribution in [0.25, 0.3) is 0 Å². The van der Waals surface area contributed by atoms with E-state index >= 15 is 0 Å². The van der Waals surface area contributed by atoms with Gasteiger partial charge in [-0.15, -0.1) is 0 Å². The molecule has 0 spiro atoms. The average Bonchev–Trinajstić information content (AvgIpc) is 2.54. The molecule has 0 aromatic rings. The second kappa shape index (κ2) is 6.72. The van der Waals surface area contributed by atoms with E-state index in [2.05, 4.69) is 55.4 Å². The zero-order chi connectivity index (χ0) is 21.2. The third-order valence-corrected chi connectivity index (χ3v) is 9.09. The fourth-order valence-corrected chi connectivity index (χ4v) is 7.16. The topological polar surface area (TPSA) is 46.5 Å². The summed E-state index contributed by atoms with van der Waals surface area (Å²) in [6.45, 7) is 17.6. The van der Waals surface area contributed by atoms with Gasteiger partial charge >= 0.3 is 5.97 Å². The minimum absolute atomic E-state index is 0.00408. The second-order valence-corrected chi connectivity index (χ2v) is 12.6. The zero-order valence-corrected chi connectivity index (χ0v) is 19.7. The fourth-order valence-electron chi connectivity index (χ4n) is 7.16. The largest absolute Gasteiger partial charge is 0.458 e. The first-order valence-electron chi connectivity index (χ1n) is 11.7. The molecule has 3 heteroatoms. The molecule has 3 nitrogen and oxygen atoms in total. The Balaban J connectivity index is 1.92. The molecule has 4 fully saturated rings. The highest BCUT2D eigenvalue weighted by atomic mass is 16.6. The zero-order valence-electron chi connectivity index (χ0n) is 19.7. The van der Waals surface area contributed by atoms with E-state index in [1.54, 1.807) is 0 Å². The number of ether oxygens (including phenoxy) is 1. The van der Waals surface area contributed by atoms with Crippen molar-refractivity contribution in [3.8, 4) is 0 Å². The van der Waals surface area contributed by atoms with Crippen molar-refractivity contribution in [3.05, 3.63) is 0 Å². The van der Waals surface area contributed by atoms with Crippen LogP contribution in [0.15, 0.2) is 0 Å². The number of rotatable bonds is 6. The van der Waals surface area contributed by atoms with Gasteiger partial charge in [0.25, 0.3) is 0 Å². The lowest BCUT2D eigenvalue weighted by Crippen LogP contribution is -2.65. The molecule has 3 unspecified atom stereocenters. The molecule has 0 aromatic heterocycles. The van der Waals surface area contributed by atoms with Crippen molar-refractivity contribution in [2.24, 2.45) is 34.0 Å². The summed E-state index contributed by atoms with van der Waals surface area (Å²) < 4.78 is 6.66. The molecule has 162 valence electrons. The Morgan fingerprint density at radius 1 is 1.00 bits per heavy atom. The monoisotopic (exact) mass is 392 g/mol. The van der Waals surface area contributed by atoms with Gasteiger partial charge in [0.1, 0.15) is 5.60 Å². The summed E-state index contributed by atoms with van der Waals surface area (Å²) in [6.07, 6.45) is 7.46. The summed E-state index contributed by atoms with van der Waals surface area (Å²) in [4.78, 5) is 13.9. The summed E-state index contributed by atoms with van der Waals surface area (Å²) >= 11 is 0. The number of carbonyl (C=O) groups excluding carboxylic acids is 1. The molecule has 0 heterocycles. The third kappa shape index (κ3) is 3.44. The van der Waals surface area contributed by atoms with E-state index in [4.69, 9.17) is 4.74 Å². The number of hydrogen-bond acceptors (Lipinski definition) is 3. The second-order valence-electron chi connectivity index (χ2n) is 12.6. The molecule has 4 aliphatic rings. The summed E-state index contributed by atoms with van der Waals surface area (Å²) in [6, 6.07) is 0. The van der Waals surface area contributed by atoms with Crippen molar-refractivity contribution in [3.63, 3.8) is 0 Å². The van der Waals surface area contributed by atoms with E-state index < -0.39 is 11.0 Å². The van der Waals surface area contributed by atoms with Gasteiger partial charge in [-0.2, -0.15) is 0 Å². The lowest BCUT2D eigenvalue weighted by atomic mass is 9.47. The standard InChI is InChI=1S/C25H44O3/c1-9-22(6,7)23(8,16-21(3,4)5)20(26)28-25(10-2)18-11-17-12-19(25)15-24(27,13-17)14-18/h17-19,27H,9-16H2,1-8H3. The van der Waals surface area contributed by atoms with Gasteiger partial charge < -0.3 is 9.84 Å². The van der Waals surface area contributed by atoms with Crippen LogP contribution >= 0.6 is 0 Å². The summed E-state index contributed by atoms with van der Waals surface area (Å²) in [5.41, 5.74) is -1.47. The van der Waals surface area contributed by atoms with Crippen molar-refractivity contribution < 1.29 is 14.6 Å². The minimum Gasteiger partial charge on any atom is -0.458 e. The number of hydrogen-bond donors (Lipinski definition) is 1. The molecule has 0 saturated heterocycles. The fraction of sp³-hybridized carbons (Fsp3) is 0.960. The van der Waals surface area contributed by atoms with Crippen LogP contribution in [-0.4, -0.2) is 22.3 Å². The lowest BCUT2D eigenvalue weighted by Gasteiger charge is -2.63. The van der Waals surface area contributed by atoms with E-state index in [0.29, 0.717) is 17.8 Å². The molecule has 4 bridgehead atoms. The summed E-state index contributed by atoms with van der Waals surface area (Å²) in [5.74, 6) is 1.26. The molecule has 4 saturated carbocycles. The highest BCUT2D eigenvalue weighted by molar-refractivity contribution is 5.78. The molecule has 3 atom stereocenters. The lowest BCUT2D eigenvalue weighted by molar-refractivity contribution is -0.251. The van der Waals surface area contributed by atoms with Crippen LogP contribution in [0, 0.1) is 34.0 Å². The molecular weight excluding hydrogens is 348 g/mol. The van der Waals surface area contributed by atoms with Crippen LogP contribution in [0.4, 0.5) is 0 Å². The number of carbonyl (C=O) groups is 1. The van der Waals surface area contributed by atoms with Crippen LogP contribution in [0.1, 0.15) is 107 Å². The molecule has 0 aromatic carbocycles. The first-order valence-corrected chi connectivity index (χ1v) is 11.7. The molecule has 1 N–H and O–H groups in total. The highest BCUT2D eigenvalue weighted by Gasteiger charge is 2.64. The molecular formula is C25H44O3. The van der Waals surface area contributed by atoms with Crippen LogP contribution in [-0.2, 0) is 9.53 Å². The average molecular weight is 393 g/mol. The van der Waals surface area contributed by atoms with Crippen molar-refractivity contribution in [2.45, 2.75) is 118 Å². The maximum Gasteiger partial charge on any atom is 0.312 e. The van der Waals surface area contributed by atoms with Gasteiger partial charge in [-0.05, 0) is 75.0 Å². The van der Waals surface area contributed by atoms with Crippen molar-refractivity contribution >= 4 is 5.97 Å². The van der Waals surface area contributed by atoms with Gasteiger partial charge in [0.05, 0.1) is 11.0 Å². The predicted octanol–water partition coefficient (Wildman–Crippen LogP) is 6.13. The van der Waals surface area contributed by atoms with E-state index in [0.717, 1.165) is 51.4 Å². The Bertz CT molecular complexity index is 598. The van der Waals surface area contributed by atoms with Gasteiger partial charge in [-0.3, -0.25) is 4.79 Å². The Morgan fingerprint density at radius 3 is 1.93 bits per heavy atom. The summed E-state index contributed by atoms with van der Waals surface area (Å²) in [5, 5.41) is 11.0. The Hall–Kier alpha value is -0.570. The molecule has 4 aliphatic carbocycles. The third-order valence-electron chi connectivity index (χ3n) is 9.09. The molecule has 0 aliphatic heterocycles. The van der Waals surface area contributed by atoms with Gasteiger partial charge in [0.2, 0.25) is 0 Å². The Kier molecular flexibility index (Phi) is 5.31. The Labute approximate surface area is 173 Å². The minimum atomic E-state index is -0.520. The molecule has 0 radical (unpaired) electrons. The van der Waals surface area contributed by atoms with Gasteiger partial charge in [0.15, 0.2) is 0 Å². The normalized spacial score (nSPS) is 39.7. The van der Waals surface area contributed by atoms with Gasteiger partial charge in [-0.1, -0.05) is 48.5 Å². The quantitative estimate of drug-likeness (QED) is 0.553. The van der Waals surface area contributed by atoms with Crippen LogP contribution in [0.3, 0.4) is 0 Å². The van der Waals surface area contributed by atoms with E-state index in [1.807, 2.05) is 0 Å². The van der Waals surface area contributed by atoms with Crippen LogP contribution in [0.5, 0.6) is 0 Å². The molecule has 4 rings (SSSR count). The van der Waals surface area contributed by atoms with E-state index in [-0.39, 0.29) is 22.4 Å². The predicted molar refractivity (Wildman–Crippen MR) is 114 cm³/mol. The maximum absolute atomic E-state index is 13.9. The summed E-state index contributed by atoms with van der Waals surface area (Å²) in [7, 11) is 0. The van der Waals surface area contributed by atoms with Crippen LogP contribution < -0.4 is 0 Å². The van der Waals surface area contributed by atoms with Crippen molar-refractivity contribution in [1.29, 1.82) is 0 Å². The van der Waals surface area contributed by atoms with Gasteiger partial charge in [0, 0.05) is 11.8 Å². The first-order chi connectivity index (χ1) is 12.7. The van der Waals surface area contributed by atoms with E-state index in [9.17, 15) is 9.90 Å². The maximum atomic E-state index is 13.9. The number of aliphatic hydroxyl groups is 1. The Morgan fingerprint density at radius 2 is 1.54 bits per heavy atom. The van der Waals surface area contributed by atoms with E-state index in [1.165, 1.54) is 0 Å². The van der Waals surface area contributed by atoms with Crippen LogP contribution in [0.2, 0.25) is 0 Å². The molecule has 28 heavy (non-hydrogen) atoms. The highest BCUT2D eigenvalue weighted by Crippen LogP contribution is 2.63. The molecule has 0 amide bonds. The SMILES string of the molecule is CCC1(OC(=O)C(C)(CC(C)(C)C)C(C)(C)CC)C2CC3CC1CC(O)(C3)C2. The number of esters is 1. The smallest absolute Gasteiger partial charge is 0.312 e. The van der Waals surface area contributed by atoms with Crippen molar-refractivity contribution in [1.82, 2.24) is 0 Å². The first kappa shape index (κ1) is 22.1. The van der Waals surface area contributed by atoms with Gasteiger partial charge in [-0.25, -0.2) is 0 Å².